The Kier molecular flexibility index (Phi) is 6.85. The van der Waals surface area contributed by atoms with Crippen molar-refractivity contribution < 1.29 is 17.6 Å². The zero-order valence-electron chi connectivity index (χ0n) is 19.5. The number of hydrogen-bond acceptors (Lipinski definition) is 2. The van der Waals surface area contributed by atoms with Crippen molar-refractivity contribution in [2.24, 2.45) is 0 Å². The average Bonchev–Trinajstić information content (AvgIpc) is 2.89. The summed E-state index contributed by atoms with van der Waals surface area (Å²) in [4.78, 5) is 4.26. The van der Waals surface area contributed by atoms with Gasteiger partial charge in [-0.3, -0.25) is 4.98 Å². The highest BCUT2D eigenvalue weighted by Crippen LogP contribution is 2.39. The van der Waals surface area contributed by atoms with Gasteiger partial charge in [-0.05, 0) is 64.6 Å². The number of anilines is 1. The summed E-state index contributed by atoms with van der Waals surface area (Å²) < 4.78 is 55.2. The third-order valence-corrected chi connectivity index (χ3v) is 6.46. The number of benzene rings is 4. The van der Waals surface area contributed by atoms with Crippen molar-refractivity contribution in [2.45, 2.75) is 19.1 Å². The zero-order valence-corrected chi connectivity index (χ0v) is 20.2. The molecule has 2 nitrogen and oxygen atoms in total. The lowest BCUT2D eigenvalue weighted by molar-refractivity contribution is -0.136. The first kappa shape index (κ1) is 24.8. The first-order chi connectivity index (χ1) is 17.8. The Balaban J connectivity index is 1.59. The molecule has 0 aliphatic carbocycles. The predicted molar refractivity (Wildman–Crippen MR) is 140 cm³/mol. The predicted octanol–water partition coefficient (Wildman–Crippen LogP) is 8.92. The van der Waals surface area contributed by atoms with E-state index in [9.17, 15) is 17.6 Å². The molecule has 0 bridgehead atoms. The van der Waals surface area contributed by atoms with E-state index < -0.39 is 17.6 Å². The molecule has 37 heavy (non-hydrogen) atoms. The fourth-order valence-corrected chi connectivity index (χ4v) is 4.54. The molecule has 0 saturated heterocycles. The molecule has 186 valence electrons. The number of pyridine rings is 1. The van der Waals surface area contributed by atoms with Crippen LogP contribution in [-0.2, 0) is 19.1 Å². The summed E-state index contributed by atoms with van der Waals surface area (Å²) in [5.74, 6) is -0.496. The molecule has 1 heterocycles. The fraction of sp³-hybridized carbons (Fsp3) is 0.100. The van der Waals surface area contributed by atoms with Crippen LogP contribution in [0, 0.1) is 5.82 Å². The van der Waals surface area contributed by atoms with Crippen molar-refractivity contribution in [2.75, 3.05) is 5.32 Å². The maximum atomic E-state index is 13.8. The Labute approximate surface area is 216 Å². The maximum Gasteiger partial charge on any atom is 0.418 e. The highest BCUT2D eigenvalue weighted by molar-refractivity contribution is 6.30. The molecule has 0 unspecified atom stereocenters. The summed E-state index contributed by atoms with van der Waals surface area (Å²) in [5, 5.41) is 3.75. The van der Waals surface area contributed by atoms with Crippen LogP contribution < -0.4 is 5.32 Å². The second kappa shape index (κ2) is 10.2. The van der Waals surface area contributed by atoms with E-state index in [2.05, 4.69) is 10.3 Å². The molecule has 0 atom stereocenters. The number of nitrogens with zero attached hydrogens (tertiary/aromatic N) is 1. The molecule has 4 aromatic carbocycles. The van der Waals surface area contributed by atoms with Gasteiger partial charge in [0, 0.05) is 23.8 Å². The van der Waals surface area contributed by atoms with E-state index in [1.54, 1.807) is 12.1 Å². The van der Waals surface area contributed by atoms with Gasteiger partial charge >= 0.3 is 6.18 Å². The average molecular weight is 521 g/mol. The van der Waals surface area contributed by atoms with Crippen LogP contribution in [0.2, 0.25) is 5.02 Å². The summed E-state index contributed by atoms with van der Waals surface area (Å²) in [5.41, 5.74) is 3.89. The molecule has 0 saturated carbocycles. The molecule has 0 fully saturated rings. The van der Waals surface area contributed by atoms with E-state index >= 15 is 0 Å². The second-order valence-corrected chi connectivity index (χ2v) is 9.11. The minimum Gasteiger partial charge on any atom is -0.381 e. The Bertz CT molecular complexity index is 1570. The molecule has 1 N–H and O–H groups in total. The minimum absolute atomic E-state index is 0.0551. The van der Waals surface area contributed by atoms with Gasteiger partial charge < -0.3 is 5.32 Å². The fourth-order valence-electron chi connectivity index (χ4n) is 4.42. The van der Waals surface area contributed by atoms with Crippen molar-refractivity contribution in [3.05, 3.63) is 130 Å². The molecular weight excluding hydrogens is 500 g/mol. The zero-order chi connectivity index (χ0) is 26.0. The van der Waals surface area contributed by atoms with E-state index in [1.165, 1.54) is 24.4 Å². The molecule has 0 spiro atoms. The topological polar surface area (TPSA) is 24.9 Å². The molecule has 0 aliphatic heterocycles. The second-order valence-electron chi connectivity index (χ2n) is 8.70. The van der Waals surface area contributed by atoms with Crippen molar-refractivity contribution >= 4 is 28.2 Å². The number of para-hydroxylation sites is 1. The lowest BCUT2D eigenvalue weighted by atomic mass is 9.91. The quantitative estimate of drug-likeness (QED) is 0.226. The van der Waals surface area contributed by atoms with Gasteiger partial charge in [0.15, 0.2) is 0 Å². The number of aromatic nitrogens is 1. The van der Waals surface area contributed by atoms with Gasteiger partial charge in [-0.25, -0.2) is 4.39 Å². The summed E-state index contributed by atoms with van der Waals surface area (Å²) in [6.45, 7) is 0.351. The van der Waals surface area contributed by atoms with Gasteiger partial charge in [0.05, 0.1) is 16.1 Å². The molecule has 0 radical (unpaired) electrons. The number of fused-ring (bicyclic) bond motifs is 1. The van der Waals surface area contributed by atoms with Crippen LogP contribution in [0.5, 0.6) is 0 Å². The smallest absolute Gasteiger partial charge is 0.381 e. The third kappa shape index (κ3) is 5.44. The lowest BCUT2D eigenvalue weighted by Gasteiger charge is -2.17. The van der Waals surface area contributed by atoms with Crippen molar-refractivity contribution in [3.63, 3.8) is 0 Å². The number of nitrogens with one attached hydrogen (secondary N) is 1. The number of rotatable bonds is 6. The Morgan fingerprint density at radius 1 is 0.811 bits per heavy atom. The highest BCUT2D eigenvalue weighted by atomic mass is 35.5. The minimum atomic E-state index is -4.53. The van der Waals surface area contributed by atoms with Gasteiger partial charge in [0.25, 0.3) is 0 Å². The number of alkyl halides is 3. The van der Waals surface area contributed by atoms with Gasteiger partial charge in [-0.15, -0.1) is 0 Å². The van der Waals surface area contributed by atoms with Crippen LogP contribution in [0.1, 0.15) is 22.3 Å². The molecule has 0 aliphatic rings. The number of halogens is 5. The van der Waals surface area contributed by atoms with Crippen LogP contribution in [0.4, 0.5) is 23.2 Å². The summed E-state index contributed by atoms with van der Waals surface area (Å²) in [7, 11) is 0. The van der Waals surface area contributed by atoms with E-state index in [-0.39, 0.29) is 10.5 Å². The van der Waals surface area contributed by atoms with E-state index in [0.29, 0.717) is 29.5 Å². The van der Waals surface area contributed by atoms with Crippen LogP contribution >= 0.6 is 11.6 Å². The lowest BCUT2D eigenvalue weighted by Crippen LogP contribution is -2.07. The van der Waals surface area contributed by atoms with Gasteiger partial charge in [0.2, 0.25) is 0 Å². The van der Waals surface area contributed by atoms with Crippen LogP contribution in [0.3, 0.4) is 0 Å². The first-order valence-corrected chi connectivity index (χ1v) is 12.0. The largest absolute Gasteiger partial charge is 0.418 e. The van der Waals surface area contributed by atoms with Crippen LogP contribution in [-0.4, -0.2) is 4.98 Å². The van der Waals surface area contributed by atoms with Gasteiger partial charge in [0.1, 0.15) is 5.82 Å². The Morgan fingerprint density at radius 2 is 1.59 bits per heavy atom. The molecule has 5 rings (SSSR count). The summed E-state index contributed by atoms with van der Waals surface area (Å²) in [6, 6.07) is 25.9. The molecule has 5 aromatic rings. The molecule has 7 heteroatoms. The first-order valence-electron chi connectivity index (χ1n) is 11.6. The normalized spacial score (nSPS) is 11.6. The number of hydrogen-bond donors (Lipinski definition) is 1. The van der Waals surface area contributed by atoms with Gasteiger partial charge in [-0.2, -0.15) is 13.2 Å². The van der Waals surface area contributed by atoms with E-state index in [1.807, 2.05) is 54.6 Å². The third-order valence-electron chi connectivity index (χ3n) is 6.15. The SMILES string of the molecule is Fc1cc(CNc2cccc(-c3c(Cc4ccccc4)cnc4c(C(F)(F)F)cccc34)c2)ccc1Cl. The van der Waals surface area contributed by atoms with Crippen molar-refractivity contribution in [1.29, 1.82) is 0 Å². The van der Waals surface area contributed by atoms with Crippen molar-refractivity contribution in [3.8, 4) is 11.1 Å². The highest BCUT2D eigenvalue weighted by Gasteiger charge is 2.33. The maximum absolute atomic E-state index is 13.8. The standard InChI is InChI=1S/C30H21ClF4N2/c31-26-13-12-20(15-27(26)32)17-36-23-9-4-8-21(16-23)28-22(14-19-6-2-1-3-7-19)18-37-29-24(28)10-5-11-25(29)30(33,34)35/h1-13,15-16,18,36H,14,17H2. The van der Waals surface area contributed by atoms with Crippen molar-refractivity contribution in [1.82, 2.24) is 4.98 Å². The van der Waals surface area contributed by atoms with E-state index in [4.69, 9.17) is 11.6 Å². The van der Waals surface area contributed by atoms with Gasteiger partial charge in [-0.1, -0.05) is 72.3 Å². The van der Waals surface area contributed by atoms with E-state index in [0.717, 1.165) is 28.4 Å². The molecular formula is C30H21ClF4N2. The van der Waals surface area contributed by atoms with Crippen LogP contribution in [0.15, 0.2) is 97.2 Å². The molecule has 0 amide bonds. The monoisotopic (exact) mass is 520 g/mol. The summed E-state index contributed by atoms with van der Waals surface area (Å²) in [6.07, 6.45) is -2.48. The Morgan fingerprint density at radius 3 is 2.35 bits per heavy atom. The Hall–Kier alpha value is -3.90. The van der Waals surface area contributed by atoms with Crippen LogP contribution in [0.25, 0.3) is 22.0 Å². The summed E-state index contributed by atoms with van der Waals surface area (Å²) >= 11 is 5.78. The molecule has 1 aromatic heterocycles.